The third kappa shape index (κ3) is 2.09. The number of hydrogen-bond donors (Lipinski definition) is 0. The minimum Gasteiger partial charge on any atom is -0.472 e. The van der Waals surface area contributed by atoms with Crippen LogP contribution in [0.15, 0.2) is 47.5 Å². The van der Waals surface area contributed by atoms with Crippen molar-refractivity contribution in [1.29, 1.82) is 0 Å². The normalized spacial score (nSPS) is 13.6. The zero-order chi connectivity index (χ0) is 12.5. The second-order valence-corrected chi connectivity index (χ2v) is 4.79. The molecule has 0 saturated heterocycles. The fourth-order valence-electron chi connectivity index (χ4n) is 1.82. The zero-order valence-corrected chi connectivity index (χ0v) is 10.9. The lowest BCUT2D eigenvalue weighted by Gasteiger charge is -2.17. The Morgan fingerprint density at radius 3 is 2.56 bits per heavy atom. The molecule has 0 spiro atoms. The first-order valence-electron chi connectivity index (χ1n) is 5.49. The Morgan fingerprint density at radius 1 is 1.00 bits per heavy atom. The van der Waals surface area contributed by atoms with E-state index in [1.165, 1.54) is 0 Å². The molecule has 2 nitrogen and oxygen atoms in total. The van der Waals surface area contributed by atoms with Crippen molar-refractivity contribution in [2.24, 2.45) is 4.99 Å². The van der Waals surface area contributed by atoms with Crippen LogP contribution in [0.5, 0.6) is 0 Å². The maximum atomic E-state index is 6.09. The van der Waals surface area contributed by atoms with Crippen molar-refractivity contribution >= 4 is 34.8 Å². The van der Waals surface area contributed by atoms with Gasteiger partial charge in [-0.05, 0) is 36.4 Å². The van der Waals surface area contributed by atoms with E-state index >= 15 is 0 Å². The molecule has 0 radical (unpaired) electrons. The molecule has 90 valence electrons. The van der Waals surface area contributed by atoms with Crippen LogP contribution in [0, 0.1) is 0 Å². The van der Waals surface area contributed by atoms with E-state index in [0.29, 0.717) is 22.5 Å². The van der Waals surface area contributed by atoms with Crippen LogP contribution in [0.4, 0.5) is 5.69 Å². The van der Waals surface area contributed by atoms with Crippen molar-refractivity contribution in [3.63, 3.8) is 0 Å². The standard InChI is InChI=1S/C14H9Cl2NO/c15-10-6-4-9(5-7-10)14-17-13-3-1-2-12(16)11(13)8-18-14/h1-7H,8H2. The maximum Gasteiger partial charge on any atom is 0.221 e. The summed E-state index contributed by atoms with van der Waals surface area (Å²) in [6.45, 7) is 0.441. The first kappa shape index (κ1) is 11.6. The first-order chi connectivity index (χ1) is 8.74. The third-order valence-corrected chi connectivity index (χ3v) is 3.37. The van der Waals surface area contributed by atoms with Crippen LogP contribution in [0.25, 0.3) is 0 Å². The van der Waals surface area contributed by atoms with Crippen LogP contribution in [-0.2, 0) is 11.3 Å². The van der Waals surface area contributed by atoms with Gasteiger partial charge in [-0.1, -0.05) is 29.3 Å². The van der Waals surface area contributed by atoms with Crippen molar-refractivity contribution in [1.82, 2.24) is 0 Å². The van der Waals surface area contributed by atoms with Crippen LogP contribution < -0.4 is 0 Å². The van der Waals surface area contributed by atoms with E-state index in [4.69, 9.17) is 27.9 Å². The highest BCUT2D eigenvalue weighted by atomic mass is 35.5. The van der Waals surface area contributed by atoms with Crippen molar-refractivity contribution in [3.8, 4) is 0 Å². The lowest BCUT2D eigenvalue weighted by Crippen LogP contribution is -2.11. The average Bonchev–Trinajstić information content (AvgIpc) is 2.39. The SMILES string of the molecule is Clc1ccc(C2=Nc3cccc(Cl)c3CO2)cc1. The molecule has 0 aliphatic carbocycles. The Labute approximate surface area is 115 Å². The van der Waals surface area contributed by atoms with E-state index in [-0.39, 0.29) is 0 Å². The zero-order valence-electron chi connectivity index (χ0n) is 9.36. The molecule has 18 heavy (non-hydrogen) atoms. The van der Waals surface area contributed by atoms with E-state index in [1.54, 1.807) is 0 Å². The third-order valence-electron chi connectivity index (χ3n) is 2.76. The Kier molecular flexibility index (Phi) is 2.98. The van der Waals surface area contributed by atoms with E-state index in [1.807, 2.05) is 42.5 Å². The lowest BCUT2D eigenvalue weighted by atomic mass is 10.1. The molecule has 0 bridgehead atoms. The molecule has 1 aliphatic rings. The van der Waals surface area contributed by atoms with Gasteiger partial charge in [-0.2, -0.15) is 0 Å². The molecule has 1 aliphatic heterocycles. The highest BCUT2D eigenvalue weighted by molar-refractivity contribution is 6.32. The van der Waals surface area contributed by atoms with E-state index in [2.05, 4.69) is 4.99 Å². The summed E-state index contributed by atoms with van der Waals surface area (Å²) in [7, 11) is 0. The first-order valence-corrected chi connectivity index (χ1v) is 6.24. The topological polar surface area (TPSA) is 21.6 Å². The molecule has 0 atom stereocenters. The van der Waals surface area contributed by atoms with Crippen molar-refractivity contribution in [3.05, 3.63) is 63.6 Å². The van der Waals surface area contributed by atoms with Gasteiger partial charge in [0.15, 0.2) is 0 Å². The van der Waals surface area contributed by atoms with E-state index in [0.717, 1.165) is 16.8 Å². The molecular formula is C14H9Cl2NO. The largest absolute Gasteiger partial charge is 0.472 e. The quantitative estimate of drug-likeness (QED) is 0.746. The molecule has 0 N–H and O–H groups in total. The van der Waals surface area contributed by atoms with E-state index in [9.17, 15) is 0 Å². The summed E-state index contributed by atoms with van der Waals surface area (Å²) in [5.74, 6) is 0.599. The van der Waals surface area contributed by atoms with Gasteiger partial charge in [0.25, 0.3) is 0 Å². The summed E-state index contributed by atoms with van der Waals surface area (Å²) in [6, 6.07) is 13.1. The number of fused-ring (bicyclic) bond motifs is 1. The molecule has 0 saturated carbocycles. The summed E-state index contributed by atoms with van der Waals surface area (Å²) in [4.78, 5) is 4.47. The Balaban J connectivity index is 2.03. The molecular weight excluding hydrogens is 269 g/mol. The summed E-state index contributed by atoms with van der Waals surface area (Å²) >= 11 is 11.9. The summed E-state index contributed by atoms with van der Waals surface area (Å²) in [5.41, 5.74) is 2.70. The fourth-order valence-corrected chi connectivity index (χ4v) is 2.17. The van der Waals surface area contributed by atoms with Crippen LogP contribution >= 0.6 is 23.2 Å². The summed E-state index contributed by atoms with van der Waals surface area (Å²) in [6.07, 6.45) is 0. The number of rotatable bonds is 1. The second kappa shape index (κ2) is 4.63. The van der Waals surface area contributed by atoms with Crippen molar-refractivity contribution in [2.45, 2.75) is 6.61 Å². The highest BCUT2D eigenvalue weighted by Gasteiger charge is 2.16. The predicted molar refractivity (Wildman–Crippen MR) is 73.9 cm³/mol. The molecule has 3 rings (SSSR count). The van der Waals surface area contributed by atoms with Gasteiger partial charge in [0, 0.05) is 21.2 Å². The minimum absolute atomic E-state index is 0.441. The second-order valence-electron chi connectivity index (χ2n) is 3.95. The molecule has 1 heterocycles. The Hall–Kier alpha value is -1.51. The molecule has 0 fully saturated rings. The fraction of sp³-hybridized carbons (Fsp3) is 0.0714. The number of nitrogens with zero attached hydrogens (tertiary/aromatic N) is 1. The van der Waals surface area contributed by atoms with Gasteiger partial charge >= 0.3 is 0 Å². The summed E-state index contributed by atoms with van der Waals surface area (Å²) in [5, 5.41) is 1.38. The molecule has 0 unspecified atom stereocenters. The van der Waals surface area contributed by atoms with Gasteiger partial charge in [0.05, 0.1) is 5.69 Å². The minimum atomic E-state index is 0.441. The number of halogens is 2. The lowest BCUT2D eigenvalue weighted by molar-refractivity contribution is 0.288. The van der Waals surface area contributed by atoms with Crippen LogP contribution in [0.3, 0.4) is 0 Å². The van der Waals surface area contributed by atoms with Crippen LogP contribution in [-0.4, -0.2) is 5.90 Å². The Bertz CT molecular complexity index is 620. The molecule has 2 aromatic rings. The molecule has 4 heteroatoms. The number of aliphatic imine (C=N–C) groups is 1. The molecule has 2 aromatic carbocycles. The molecule has 0 amide bonds. The van der Waals surface area contributed by atoms with Gasteiger partial charge in [0.1, 0.15) is 6.61 Å². The van der Waals surface area contributed by atoms with Crippen molar-refractivity contribution < 1.29 is 4.74 Å². The van der Waals surface area contributed by atoms with E-state index < -0.39 is 0 Å². The number of hydrogen-bond acceptors (Lipinski definition) is 2. The van der Waals surface area contributed by atoms with Gasteiger partial charge < -0.3 is 4.74 Å². The van der Waals surface area contributed by atoms with Crippen LogP contribution in [0.2, 0.25) is 10.0 Å². The van der Waals surface area contributed by atoms with Gasteiger partial charge in [-0.15, -0.1) is 0 Å². The smallest absolute Gasteiger partial charge is 0.221 e. The summed E-state index contributed by atoms with van der Waals surface area (Å²) < 4.78 is 5.63. The maximum absolute atomic E-state index is 6.09. The molecule has 0 aromatic heterocycles. The Morgan fingerprint density at radius 2 is 1.78 bits per heavy atom. The van der Waals surface area contributed by atoms with Gasteiger partial charge in [0.2, 0.25) is 5.90 Å². The van der Waals surface area contributed by atoms with Crippen LogP contribution in [0.1, 0.15) is 11.1 Å². The monoisotopic (exact) mass is 277 g/mol. The van der Waals surface area contributed by atoms with Gasteiger partial charge in [-0.25, -0.2) is 4.99 Å². The highest BCUT2D eigenvalue weighted by Crippen LogP contribution is 2.31. The van der Waals surface area contributed by atoms with Gasteiger partial charge in [-0.3, -0.25) is 0 Å². The predicted octanol–water partition coefficient (Wildman–Crippen LogP) is 4.60. The average molecular weight is 278 g/mol. The van der Waals surface area contributed by atoms with Crippen molar-refractivity contribution in [2.75, 3.05) is 0 Å². The number of ether oxygens (including phenoxy) is 1. The number of benzene rings is 2.